The maximum Gasteiger partial charge on any atom is 0.234 e. The lowest BCUT2D eigenvalue weighted by atomic mass is 9.88. The number of halogens is 2. The smallest absolute Gasteiger partial charge is 0.234 e. The largest absolute Gasteiger partial charge is 0.325 e. The van der Waals surface area contributed by atoms with Gasteiger partial charge in [0.25, 0.3) is 0 Å². The van der Waals surface area contributed by atoms with Crippen LogP contribution in [0.3, 0.4) is 0 Å². The SMILES string of the molecule is CC1CCc2c(-c3nnc(SCC(=O)Nc4ccc(F)c(Cl)c4)n3C(C)C)csc2C1. The van der Waals surface area contributed by atoms with Gasteiger partial charge in [0, 0.05) is 27.5 Å². The first-order valence-corrected chi connectivity index (χ1v) is 12.5. The fourth-order valence-corrected chi connectivity index (χ4v) is 6.08. The van der Waals surface area contributed by atoms with Crippen LogP contribution in [0.25, 0.3) is 11.4 Å². The maximum absolute atomic E-state index is 13.3. The molecule has 1 aromatic carbocycles. The highest BCUT2D eigenvalue weighted by atomic mass is 35.5. The van der Waals surface area contributed by atoms with Gasteiger partial charge in [-0.1, -0.05) is 30.3 Å². The van der Waals surface area contributed by atoms with E-state index in [1.54, 1.807) is 0 Å². The molecule has 2 heterocycles. The van der Waals surface area contributed by atoms with E-state index >= 15 is 0 Å². The highest BCUT2D eigenvalue weighted by molar-refractivity contribution is 7.99. The molecule has 0 saturated heterocycles. The lowest BCUT2D eigenvalue weighted by Gasteiger charge is -2.19. The van der Waals surface area contributed by atoms with Crippen LogP contribution in [0.1, 0.15) is 43.7 Å². The molecular weight excluding hydrogens is 455 g/mol. The third kappa shape index (κ3) is 4.81. The third-order valence-electron chi connectivity index (χ3n) is 5.36. The number of rotatable bonds is 6. The highest BCUT2D eigenvalue weighted by Crippen LogP contribution is 2.39. The number of aromatic nitrogens is 3. The van der Waals surface area contributed by atoms with Gasteiger partial charge >= 0.3 is 0 Å². The van der Waals surface area contributed by atoms with E-state index in [-0.39, 0.29) is 22.7 Å². The van der Waals surface area contributed by atoms with Crippen molar-refractivity contribution in [3.63, 3.8) is 0 Å². The molecule has 31 heavy (non-hydrogen) atoms. The molecule has 0 bridgehead atoms. The number of thiophene rings is 1. The van der Waals surface area contributed by atoms with Crippen molar-refractivity contribution < 1.29 is 9.18 Å². The van der Waals surface area contributed by atoms with Gasteiger partial charge in [0.05, 0.1) is 10.8 Å². The van der Waals surface area contributed by atoms with Crippen molar-refractivity contribution in [2.24, 2.45) is 5.92 Å². The number of carbonyl (C=O) groups is 1. The fraction of sp³-hybridized carbons (Fsp3) is 0.409. The van der Waals surface area contributed by atoms with Crippen LogP contribution in [0.4, 0.5) is 10.1 Å². The zero-order valence-corrected chi connectivity index (χ0v) is 20.0. The first-order chi connectivity index (χ1) is 14.8. The molecule has 1 aliphatic rings. The lowest BCUT2D eigenvalue weighted by Crippen LogP contribution is -2.15. The monoisotopic (exact) mass is 478 g/mol. The minimum Gasteiger partial charge on any atom is -0.325 e. The normalized spacial score (nSPS) is 15.9. The molecular formula is C22H24ClFN4OS2. The summed E-state index contributed by atoms with van der Waals surface area (Å²) in [5.74, 6) is 1.03. The standard InChI is InChI=1S/C22H24ClFN4OS2/c1-12(2)28-21(16-10-30-19-8-13(3)4-6-15(16)19)26-27-22(28)31-11-20(29)25-14-5-7-18(24)17(23)9-14/h5,7,9-10,12-13H,4,6,8,11H2,1-3H3,(H,25,29). The Labute approximate surface area is 194 Å². The second-order valence-electron chi connectivity index (χ2n) is 8.13. The third-order valence-corrected chi connectivity index (χ3v) is 7.64. The number of benzene rings is 1. The fourth-order valence-electron chi connectivity index (χ4n) is 3.79. The van der Waals surface area contributed by atoms with Crippen LogP contribution < -0.4 is 5.32 Å². The van der Waals surface area contributed by atoms with E-state index in [1.807, 2.05) is 11.3 Å². The molecule has 5 nitrogen and oxygen atoms in total. The second kappa shape index (κ2) is 9.30. The molecule has 0 saturated carbocycles. The van der Waals surface area contributed by atoms with Gasteiger partial charge in [-0.3, -0.25) is 9.36 Å². The van der Waals surface area contributed by atoms with Crippen LogP contribution in [0.2, 0.25) is 5.02 Å². The Morgan fingerprint density at radius 1 is 1.42 bits per heavy atom. The van der Waals surface area contributed by atoms with Crippen molar-refractivity contribution in [1.82, 2.24) is 14.8 Å². The molecule has 0 spiro atoms. The Morgan fingerprint density at radius 3 is 2.97 bits per heavy atom. The number of thioether (sulfide) groups is 1. The van der Waals surface area contributed by atoms with E-state index in [1.165, 1.54) is 52.4 Å². The molecule has 2 aromatic heterocycles. The molecule has 0 radical (unpaired) electrons. The summed E-state index contributed by atoms with van der Waals surface area (Å²) in [6, 6.07) is 4.27. The van der Waals surface area contributed by atoms with E-state index in [4.69, 9.17) is 11.6 Å². The van der Waals surface area contributed by atoms with Gasteiger partial charge in [0.15, 0.2) is 11.0 Å². The Balaban J connectivity index is 1.50. The zero-order valence-electron chi connectivity index (χ0n) is 17.6. The molecule has 1 N–H and O–H groups in total. The number of anilines is 1. The molecule has 3 aromatic rings. The summed E-state index contributed by atoms with van der Waals surface area (Å²) in [4.78, 5) is 13.9. The van der Waals surface area contributed by atoms with Crippen LogP contribution in [0.5, 0.6) is 0 Å². The minimum absolute atomic E-state index is 0.0249. The summed E-state index contributed by atoms with van der Waals surface area (Å²) in [5.41, 5.74) is 3.03. The van der Waals surface area contributed by atoms with E-state index in [2.05, 4.69) is 46.2 Å². The summed E-state index contributed by atoms with van der Waals surface area (Å²) in [6.07, 6.45) is 3.40. The van der Waals surface area contributed by atoms with E-state index in [9.17, 15) is 9.18 Å². The molecule has 4 rings (SSSR count). The van der Waals surface area contributed by atoms with Crippen molar-refractivity contribution in [3.8, 4) is 11.4 Å². The Morgan fingerprint density at radius 2 is 2.23 bits per heavy atom. The molecule has 0 fully saturated rings. The predicted octanol–water partition coefficient (Wildman–Crippen LogP) is 6.24. The summed E-state index contributed by atoms with van der Waals surface area (Å²) in [7, 11) is 0. The van der Waals surface area contributed by atoms with Gasteiger partial charge in [0.1, 0.15) is 5.82 Å². The summed E-state index contributed by atoms with van der Waals surface area (Å²) < 4.78 is 15.4. The molecule has 9 heteroatoms. The Hall–Kier alpha value is -1.90. The van der Waals surface area contributed by atoms with Gasteiger partial charge in [-0.2, -0.15) is 0 Å². The van der Waals surface area contributed by atoms with Gasteiger partial charge in [0.2, 0.25) is 5.91 Å². The van der Waals surface area contributed by atoms with Crippen molar-refractivity contribution in [1.29, 1.82) is 0 Å². The van der Waals surface area contributed by atoms with E-state index < -0.39 is 5.82 Å². The van der Waals surface area contributed by atoms with Crippen molar-refractivity contribution in [2.75, 3.05) is 11.1 Å². The summed E-state index contributed by atoms with van der Waals surface area (Å²) >= 11 is 8.94. The Kier molecular flexibility index (Phi) is 6.69. The maximum atomic E-state index is 13.3. The van der Waals surface area contributed by atoms with Gasteiger partial charge in [-0.05, 0) is 62.8 Å². The Bertz CT molecular complexity index is 1110. The molecule has 1 unspecified atom stereocenters. The highest BCUT2D eigenvalue weighted by Gasteiger charge is 2.25. The van der Waals surface area contributed by atoms with E-state index in [0.29, 0.717) is 10.8 Å². The lowest BCUT2D eigenvalue weighted by molar-refractivity contribution is -0.113. The average molecular weight is 479 g/mol. The summed E-state index contributed by atoms with van der Waals surface area (Å²) in [6.45, 7) is 6.50. The van der Waals surface area contributed by atoms with Crippen LogP contribution in [-0.4, -0.2) is 26.4 Å². The number of nitrogens with zero attached hydrogens (tertiary/aromatic N) is 3. The topological polar surface area (TPSA) is 59.8 Å². The number of hydrogen-bond acceptors (Lipinski definition) is 5. The zero-order chi connectivity index (χ0) is 22.1. The van der Waals surface area contributed by atoms with Crippen LogP contribution in [-0.2, 0) is 17.6 Å². The van der Waals surface area contributed by atoms with E-state index in [0.717, 1.165) is 24.6 Å². The first kappa shape index (κ1) is 22.3. The van der Waals surface area contributed by atoms with Crippen molar-refractivity contribution in [3.05, 3.63) is 44.9 Å². The first-order valence-electron chi connectivity index (χ1n) is 10.3. The van der Waals surface area contributed by atoms with Crippen LogP contribution >= 0.6 is 34.7 Å². The quantitative estimate of drug-likeness (QED) is 0.426. The molecule has 1 atom stereocenters. The van der Waals surface area contributed by atoms with Crippen molar-refractivity contribution >= 4 is 46.3 Å². The predicted molar refractivity (Wildman–Crippen MR) is 126 cm³/mol. The van der Waals surface area contributed by atoms with Crippen LogP contribution in [0.15, 0.2) is 28.7 Å². The summed E-state index contributed by atoms with van der Waals surface area (Å²) in [5, 5.41) is 14.5. The number of fused-ring (bicyclic) bond motifs is 1. The van der Waals surface area contributed by atoms with Crippen LogP contribution in [0, 0.1) is 11.7 Å². The number of carbonyl (C=O) groups excluding carboxylic acids is 1. The van der Waals surface area contributed by atoms with Crippen molar-refractivity contribution in [2.45, 2.75) is 51.2 Å². The number of amides is 1. The number of hydrogen-bond donors (Lipinski definition) is 1. The second-order valence-corrected chi connectivity index (χ2v) is 10.4. The molecule has 164 valence electrons. The molecule has 1 aliphatic carbocycles. The molecule has 0 aliphatic heterocycles. The van der Waals surface area contributed by atoms with Gasteiger partial charge < -0.3 is 5.32 Å². The molecule has 1 amide bonds. The average Bonchev–Trinajstić information content (AvgIpc) is 3.32. The number of nitrogens with one attached hydrogen (secondary N) is 1. The van der Waals surface area contributed by atoms with Gasteiger partial charge in [-0.15, -0.1) is 21.5 Å². The minimum atomic E-state index is -0.517. The van der Waals surface area contributed by atoms with Gasteiger partial charge in [-0.25, -0.2) is 4.39 Å².